The Labute approximate surface area is 165 Å². The van der Waals surface area contributed by atoms with Gasteiger partial charge in [0.2, 0.25) is 0 Å². The zero-order chi connectivity index (χ0) is 16.9. The molecule has 4 N–H and O–H groups in total. The number of anilines is 1. The van der Waals surface area contributed by atoms with Gasteiger partial charge in [-0.25, -0.2) is 0 Å². The SMILES string of the molecule is CCc1ccc(NC(N)=NCCc2c[nH]c3cc(C)ccc23)cc1.I. The van der Waals surface area contributed by atoms with E-state index in [1.54, 1.807) is 0 Å². The third-order valence-electron chi connectivity index (χ3n) is 4.22. The van der Waals surface area contributed by atoms with Crippen LogP contribution in [-0.4, -0.2) is 17.5 Å². The standard InChI is InChI=1S/C20H24N4.HI/c1-3-15-5-7-17(8-6-15)24-20(21)22-11-10-16-13-23-19-12-14(2)4-9-18(16)19;/h4-9,12-13,23H,3,10-11H2,1-2H3,(H3,21,22,24);1H. The molecule has 1 aromatic heterocycles. The van der Waals surface area contributed by atoms with E-state index in [-0.39, 0.29) is 24.0 Å². The summed E-state index contributed by atoms with van der Waals surface area (Å²) in [5, 5.41) is 4.40. The number of nitrogens with two attached hydrogens (primary N) is 1. The van der Waals surface area contributed by atoms with Crippen LogP contribution in [0.5, 0.6) is 0 Å². The average molecular weight is 448 g/mol. The van der Waals surface area contributed by atoms with Crippen LogP contribution in [0.25, 0.3) is 10.9 Å². The Hall–Kier alpha value is -2.02. The quantitative estimate of drug-likeness (QED) is 0.303. The molecule has 4 nitrogen and oxygen atoms in total. The Morgan fingerprint density at radius 3 is 2.64 bits per heavy atom. The number of nitrogens with zero attached hydrogens (tertiary/aromatic N) is 1. The number of halogens is 1. The molecule has 25 heavy (non-hydrogen) atoms. The van der Waals surface area contributed by atoms with Crippen molar-refractivity contribution in [1.29, 1.82) is 0 Å². The second-order valence-electron chi connectivity index (χ2n) is 6.06. The Bertz CT molecular complexity index is 850. The Balaban J connectivity index is 0.00000225. The molecule has 5 heteroatoms. The van der Waals surface area contributed by atoms with E-state index < -0.39 is 0 Å². The predicted molar refractivity (Wildman–Crippen MR) is 118 cm³/mol. The second-order valence-corrected chi connectivity index (χ2v) is 6.06. The number of hydrogen-bond acceptors (Lipinski definition) is 1. The van der Waals surface area contributed by atoms with Gasteiger partial charge in [0.1, 0.15) is 0 Å². The fourth-order valence-corrected chi connectivity index (χ4v) is 2.81. The summed E-state index contributed by atoms with van der Waals surface area (Å²) in [6.07, 6.45) is 3.96. The third-order valence-corrected chi connectivity index (χ3v) is 4.22. The van der Waals surface area contributed by atoms with Crippen LogP contribution in [-0.2, 0) is 12.8 Å². The largest absolute Gasteiger partial charge is 0.370 e. The van der Waals surface area contributed by atoms with Crippen LogP contribution in [0.1, 0.15) is 23.6 Å². The van der Waals surface area contributed by atoms with Crippen LogP contribution in [0.3, 0.4) is 0 Å². The molecular weight excluding hydrogens is 423 g/mol. The Morgan fingerprint density at radius 2 is 1.92 bits per heavy atom. The highest BCUT2D eigenvalue weighted by molar-refractivity contribution is 14.0. The fourth-order valence-electron chi connectivity index (χ4n) is 2.81. The van der Waals surface area contributed by atoms with Gasteiger partial charge in [0.05, 0.1) is 0 Å². The van der Waals surface area contributed by atoms with Gasteiger partial charge in [0.15, 0.2) is 5.96 Å². The Kier molecular flexibility index (Phi) is 6.87. The van der Waals surface area contributed by atoms with Crippen LogP contribution < -0.4 is 11.1 Å². The maximum absolute atomic E-state index is 5.98. The van der Waals surface area contributed by atoms with Gasteiger partial charge in [-0.05, 0) is 54.7 Å². The lowest BCUT2D eigenvalue weighted by atomic mass is 10.1. The fraction of sp³-hybridized carbons (Fsp3) is 0.250. The predicted octanol–water partition coefficient (Wildman–Crippen LogP) is 4.63. The van der Waals surface area contributed by atoms with E-state index in [9.17, 15) is 0 Å². The van der Waals surface area contributed by atoms with Crippen LogP contribution >= 0.6 is 24.0 Å². The summed E-state index contributed by atoms with van der Waals surface area (Å²) in [5.41, 5.74) is 12.0. The maximum atomic E-state index is 5.98. The minimum atomic E-state index is 0. The van der Waals surface area contributed by atoms with E-state index in [1.165, 1.54) is 27.6 Å². The van der Waals surface area contributed by atoms with Crippen molar-refractivity contribution in [3.8, 4) is 0 Å². The van der Waals surface area contributed by atoms with Gasteiger partial charge in [0.25, 0.3) is 0 Å². The Morgan fingerprint density at radius 1 is 1.16 bits per heavy atom. The van der Waals surface area contributed by atoms with Crippen LogP contribution in [0.15, 0.2) is 53.7 Å². The van der Waals surface area contributed by atoms with E-state index in [1.807, 2.05) is 12.1 Å². The first-order valence-corrected chi connectivity index (χ1v) is 8.38. The topological polar surface area (TPSA) is 66.2 Å². The minimum absolute atomic E-state index is 0. The van der Waals surface area contributed by atoms with E-state index in [2.05, 4.69) is 65.7 Å². The van der Waals surface area contributed by atoms with Crippen LogP contribution in [0.4, 0.5) is 5.69 Å². The van der Waals surface area contributed by atoms with Gasteiger partial charge in [-0.1, -0.05) is 31.2 Å². The first kappa shape index (κ1) is 19.3. The van der Waals surface area contributed by atoms with Crippen molar-refractivity contribution in [2.75, 3.05) is 11.9 Å². The lowest BCUT2D eigenvalue weighted by Crippen LogP contribution is -2.23. The number of fused-ring (bicyclic) bond motifs is 1. The molecule has 0 fully saturated rings. The number of H-pyrrole nitrogens is 1. The molecule has 0 aliphatic carbocycles. The molecule has 0 unspecified atom stereocenters. The lowest BCUT2D eigenvalue weighted by Gasteiger charge is -2.06. The monoisotopic (exact) mass is 448 g/mol. The van der Waals surface area contributed by atoms with Crippen LogP contribution in [0, 0.1) is 6.92 Å². The number of aromatic nitrogens is 1. The summed E-state index contributed by atoms with van der Waals surface area (Å²) >= 11 is 0. The highest BCUT2D eigenvalue weighted by Crippen LogP contribution is 2.19. The lowest BCUT2D eigenvalue weighted by molar-refractivity contribution is 0.972. The van der Waals surface area contributed by atoms with E-state index in [0.29, 0.717) is 12.5 Å². The molecule has 0 atom stereocenters. The molecule has 0 bridgehead atoms. The number of hydrogen-bond donors (Lipinski definition) is 3. The molecule has 0 saturated heterocycles. The van der Waals surface area contributed by atoms with Crippen molar-refractivity contribution < 1.29 is 0 Å². The highest BCUT2D eigenvalue weighted by Gasteiger charge is 2.03. The number of benzene rings is 2. The van der Waals surface area contributed by atoms with Gasteiger partial charge < -0.3 is 16.0 Å². The van der Waals surface area contributed by atoms with E-state index >= 15 is 0 Å². The smallest absolute Gasteiger partial charge is 0.193 e. The van der Waals surface area contributed by atoms with Gasteiger partial charge in [0, 0.05) is 29.3 Å². The number of rotatable bonds is 5. The molecule has 2 aromatic carbocycles. The van der Waals surface area contributed by atoms with E-state index in [4.69, 9.17) is 5.73 Å². The maximum Gasteiger partial charge on any atom is 0.193 e. The van der Waals surface area contributed by atoms with Crippen molar-refractivity contribution in [2.45, 2.75) is 26.7 Å². The first-order valence-electron chi connectivity index (χ1n) is 8.38. The third kappa shape index (κ3) is 4.98. The summed E-state index contributed by atoms with van der Waals surface area (Å²) in [6.45, 7) is 4.90. The molecule has 3 rings (SSSR count). The summed E-state index contributed by atoms with van der Waals surface area (Å²) in [6, 6.07) is 14.7. The number of aliphatic imine (C=N–C) groups is 1. The van der Waals surface area contributed by atoms with Gasteiger partial charge in [-0.15, -0.1) is 24.0 Å². The number of guanidine groups is 1. The molecule has 0 spiro atoms. The zero-order valence-corrected chi connectivity index (χ0v) is 17.0. The molecule has 3 aromatic rings. The summed E-state index contributed by atoms with van der Waals surface area (Å²) in [7, 11) is 0. The molecular formula is C20H25IN4. The first-order chi connectivity index (χ1) is 11.7. The summed E-state index contributed by atoms with van der Waals surface area (Å²) in [4.78, 5) is 7.75. The molecule has 132 valence electrons. The van der Waals surface area contributed by atoms with Crippen LogP contribution in [0.2, 0.25) is 0 Å². The van der Waals surface area contributed by atoms with Crippen molar-refractivity contribution >= 4 is 46.5 Å². The number of aryl methyl sites for hydroxylation is 2. The zero-order valence-electron chi connectivity index (χ0n) is 14.7. The van der Waals surface area contributed by atoms with Crippen molar-refractivity contribution in [3.63, 3.8) is 0 Å². The molecule has 0 aliphatic heterocycles. The number of nitrogens with one attached hydrogen (secondary N) is 2. The summed E-state index contributed by atoms with van der Waals surface area (Å²) in [5.74, 6) is 0.454. The molecule has 0 amide bonds. The minimum Gasteiger partial charge on any atom is -0.370 e. The van der Waals surface area contributed by atoms with Crippen molar-refractivity contribution in [1.82, 2.24) is 4.98 Å². The number of aromatic amines is 1. The van der Waals surface area contributed by atoms with E-state index in [0.717, 1.165) is 18.5 Å². The van der Waals surface area contributed by atoms with Gasteiger partial charge in [-0.2, -0.15) is 0 Å². The van der Waals surface area contributed by atoms with Gasteiger partial charge in [-0.3, -0.25) is 4.99 Å². The highest BCUT2D eigenvalue weighted by atomic mass is 127. The van der Waals surface area contributed by atoms with Gasteiger partial charge >= 0.3 is 0 Å². The second kappa shape index (κ2) is 8.89. The average Bonchev–Trinajstić information content (AvgIpc) is 2.97. The normalized spacial score (nSPS) is 11.4. The molecule has 0 aliphatic rings. The molecule has 1 heterocycles. The van der Waals surface area contributed by atoms with Crippen molar-refractivity contribution in [2.24, 2.45) is 10.7 Å². The summed E-state index contributed by atoms with van der Waals surface area (Å²) < 4.78 is 0. The van der Waals surface area contributed by atoms with Crippen molar-refractivity contribution in [3.05, 3.63) is 65.4 Å². The molecule has 0 saturated carbocycles. The molecule has 0 radical (unpaired) electrons.